The molecule has 1 heterocycles. The van der Waals surface area contributed by atoms with Gasteiger partial charge in [0.25, 0.3) is 0 Å². The third-order valence-corrected chi connectivity index (χ3v) is 4.51. The molecule has 0 saturated carbocycles. The Labute approximate surface area is 159 Å². The van der Waals surface area contributed by atoms with Crippen molar-refractivity contribution in [3.8, 4) is 11.4 Å². The van der Waals surface area contributed by atoms with Gasteiger partial charge in [-0.15, -0.1) is 0 Å². The summed E-state index contributed by atoms with van der Waals surface area (Å²) in [5.41, 5.74) is 0.817. The zero-order valence-corrected chi connectivity index (χ0v) is 16.3. The van der Waals surface area contributed by atoms with Crippen LogP contribution in [0, 0.1) is 0 Å². The molecule has 0 radical (unpaired) electrons. The maximum absolute atomic E-state index is 12.1. The zero-order valence-electron chi connectivity index (χ0n) is 16.3. The first-order chi connectivity index (χ1) is 12.7. The molecule has 0 aliphatic heterocycles. The van der Waals surface area contributed by atoms with Gasteiger partial charge in [0.2, 0.25) is 17.6 Å². The number of carbonyl (C=O) groups excluding carboxylic acids is 1. The van der Waals surface area contributed by atoms with Gasteiger partial charge in [0, 0.05) is 18.4 Å². The van der Waals surface area contributed by atoms with Crippen molar-refractivity contribution in [2.24, 2.45) is 0 Å². The SMILES string of the molecule is CCCC(C)(NC(=O)CCc1nc(-c2ccc(C(C)C)cc2)no1)C(=O)O. The number of nitrogens with one attached hydrogen (secondary N) is 1. The zero-order chi connectivity index (χ0) is 20.0. The molecule has 0 saturated heterocycles. The van der Waals surface area contributed by atoms with Crippen LogP contribution in [0.3, 0.4) is 0 Å². The summed E-state index contributed by atoms with van der Waals surface area (Å²) in [7, 11) is 0. The fraction of sp³-hybridized carbons (Fsp3) is 0.500. The van der Waals surface area contributed by atoms with Crippen LogP contribution < -0.4 is 5.32 Å². The van der Waals surface area contributed by atoms with Gasteiger partial charge in [-0.25, -0.2) is 4.79 Å². The van der Waals surface area contributed by atoms with E-state index < -0.39 is 11.5 Å². The number of aliphatic carboxylic acids is 1. The predicted molar refractivity (Wildman–Crippen MR) is 101 cm³/mol. The third-order valence-electron chi connectivity index (χ3n) is 4.51. The van der Waals surface area contributed by atoms with Crippen molar-refractivity contribution in [2.45, 2.75) is 64.8 Å². The summed E-state index contributed by atoms with van der Waals surface area (Å²) in [6.07, 6.45) is 1.36. The fourth-order valence-corrected chi connectivity index (χ4v) is 2.80. The van der Waals surface area contributed by atoms with Crippen LogP contribution in [0.2, 0.25) is 0 Å². The van der Waals surface area contributed by atoms with E-state index in [1.54, 1.807) is 0 Å². The highest BCUT2D eigenvalue weighted by Crippen LogP contribution is 2.21. The summed E-state index contributed by atoms with van der Waals surface area (Å²) in [6, 6.07) is 7.95. The van der Waals surface area contributed by atoms with Gasteiger partial charge in [0.15, 0.2) is 0 Å². The second-order valence-electron chi connectivity index (χ2n) is 7.22. The van der Waals surface area contributed by atoms with Crippen molar-refractivity contribution >= 4 is 11.9 Å². The molecule has 0 aliphatic rings. The fourth-order valence-electron chi connectivity index (χ4n) is 2.80. The lowest BCUT2D eigenvalue weighted by Crippen LogP contribution is -2.52. The Morgan fingerprint density at radius 1 is 1.26 bits per heavy atom. The van der Waals surface area contributed by atoms with Crippen molar-refractivity contribution in [1.29, 1.82) is 0 Å². The van der Waals surface area contributed by atoms with Crippen molar-refractivity contribution in [2.75, 3.05) is 0 Å². The molecule has 7 nitrogen and oxygen atoms in total. The first-order valence-electron chi connectivity index (χ1n) is 9.22. The van der Waals surface area contributed by atoms with Crippen LogP contribution in [0.5, 0.6) is 0 Å². The largest absolute Gasteiger partial charge is 0.480 e. The van der Waals surface area contributed by atoms with Gasteiger partial charge in [-0.05, 0) is 24.8 Å². The van der Waals surface area contributed by atoms with Crippen LogP contribution >= 0.6 is 0 Å². The van der Waals surface area contributed by atoms with E-state index in [1.807, 2.05) is 31.2 Å². The lowest BCUT2D eigenvalue weighted by molar-refractivity contribution is -0.147. The summed E-state index contributed by atoms with van der Waals surface area (Å²) >= 11 is 0. The Morgan fingerprint density at radius 2 is 1.93 bits per heavy atom. The third kappa shape index (κ3) is 5.39. The normalized spacial score (nSPS) is 13.4. The second-order valence-corrected chi connectivity index (χ2v) is 7.22. The average molecular weight is 373 g/mol. The van der Waals surface area contributed by atoms with Gasteiger partial charge in [0.1, 0.15) is 5.54 Å². The molecule has 0 bridgehead atoms. The molecule has 1 amide bonds. The highest BCUT2D eigenvalue weighted by Gasteiger charge is 2.33. The Hall–Kier alpha value is -2.70. The average Bonchev–Trinajstić information content (AvgIpc) is 3.09. The van der Waals surface area contributed by atoms with Gasteiger partial charge < -0.3 is 14.9 Å². The molecular weight excluding hydrogens is 346 g/mol. The molecular formula is C20H27N3O4. The van der Waals surface area contributed by atoms with Gasteiger partial charge in [-0.2, -0.15) is 4.98 Å². The number of carboxylic acid groups (broad SMARTS) is 1. The number of benzene rings is 1. The highest BCUT2D eigenvalue weighted by molar-refractivity contribution is 5.86. The van der Waals surface area contributed by atoms with Gasteiger partial charge in [-0.3, -0.25) is 4.79 Å². The molecule has 7 heteroatoms. The number of hydrogen-bond acceptors (Lipinski definition) is 5. The molecule has 27 heavy (non-hydrogen) atoms. The van der Waals surface area contributed by atoms with Crippen LogP contribution in [0.15, 0.2) is 28.8 Å². The number of aromatic nitrogens is 2. The Bertz CT molecular complexity index is 783. The standard InChI is InChI=1S/C20H27N3O4/c1-5-12-20(4,19(25)26)22-16(24)10-11-17-21-18(23-27-17)15-8-6-14(7-9-15)13(2)3/h6-9,13H,5,10-12H2,1-4H3,(H,22,24)(H,25,26). The Morgan fingerprint density at radius 3 is 2.48 bits per heavy atom. The Balaban J connectivity index is 1.95. The molecule has 0 fully saturated rings. The van der Waals surface area contributed by atoms with Crippen LogP contribution in [0.1, 0.15) is 64.3 Å². The van der Waals surface area contributed by atoms with E-state index in [0.29, 0.717) is 30.5 Å². The molecule has 1 unspecified atom stereocenters. The molecule has 1 aromatic carbocycles. The predicted octanol–water partition coefficient (Wildman–Crippen LogP) is 3.55. The van der Waals surface area contributed by atoms with E-state index in [9.17, 15) is 14.7 Å². The molecule has 1 atom stereocenters. The van der Waals surface area contributed by atoms with Gasteiger partial charge in [0.05, 0.1) is 0 Å². The summed E-state index contributed by atoms with van der Waals surface area (Å²) < 4.78 is 5.21. The highest BCUT2D eigenvalue weighted by atomic mass is 16.5. The molecule has 0 aliphatic carbocycles. The lowest BCUT2D eigenvalue weighted by Gasteiger charge is -2.25. The molecule has 2 aromatic rings. The van der Waals surface area contributed by atoms with E-state index in [-0.39, 0.29) is 18.7 Å². The minimum atomic E-state index is -1.26. The van der Waals surface area contributed by atoms with Crippen molar-refractivity contribution < 1.29 is 19.2 Å². The molecule has 146 valence electrons. The number of hydrogen-bond donors (Lipinski definition) is 2. The smallest absolute Gasteiger partial charge is 0.329 e. The molecule has 0 spiro atoms. The van der Waals surface area contributed by atoms with E-state index in [4.69, 9.17) is 4.52 Å². The summed E-state index contributed by atoms with van der Waals surface area (Å²) in [6.45, 7) is 7.65. The lowest BCUT2D eigenvalue weighted by atomic mass is 9.96. The number of aryl methyl sites for hydroxylation is 1. The molecule has 1 aromatic heterocycles. The van der Waals surface area contributed by atoms with E-state index in [0.717, 1.165) is 5.56 Å². The minimum Gasteiger partial charge on any atom is -0.480 e. The van der Waals surface area contributed by atoms with Crippen molar-refractivity contribution in [1.82, 2.24) is 15.5 Å². The second kappa shape index (κ2) is 8.79. The number of nitrogens with zero attached hydrogens (tertiary/aromatic N) is 2. The van der Waals surface area contributed by atoms with Crippen LogP contribution in [0.25, 0.3) is 11.4 Å². The van der Waals surface area contributed by atoms with Gasteiger partial charge >= 0.3 is 5.97 Å². The number of rotatable bonds is 9. The number of carboxylic acids is 1. The Kier molecular flexibility index (Phi) is 6.71. The maximum Gasteiger partial charge on any atom is 0.329 e. The van der Waals surface area contributed by atoms with Crippen LogP contribution in [0.4, 0.5) is 0 Å². The van der Waals surface area contributed by atoms with E-state index in [1.165, 1.54) is 12.5 Å². The number of carbonyl (C=O) groups is 2. The van der Waals surface area contributed by atoms with Crippen LogP contribution in [-0.2, 0) is 16.0 Å². The first-order valence-corrected chi connectivity index (χ1v) is 9.22. The molecule has 2 N–H and O–H groups in total. The molecule has 2 rings (SSSR count). The maximum atomic E-state index is 12.1. The summed E-state index contributed by atoms with van der Waals surface area (Å²) in [5, 5.41) is 15.9. The first kappa shape index (κ1) is 20.6. The van der Waals surface area contributed by atoms with E-state index >= 15 is 0 Å². The summed E-state index contributed by atoms with van der Waals surface area (Å²) in [4.78, 5) is 27.8. The minimum absolute atomic E-state index is 0.0838. The summed E-state index contributed by atoms with van der Waals surface area (Å²) in [5.74, 6) is -0.123. The van der Waals surface area contributed by atoms with Crippen molar-refractivity contribution in [3.63, 3.8) is 0 Å². The topological polar surface area (TPSA) is 105 Å². The van der Waals surface area contributed by atoms with Crippen LogP contribution in [-0.4, -0.2) is 32.7 Å². The number of amides is 1. The monoisotopic (exact) mass is 373 g/mol. The van der Waals surface area contributed by atoms with Gasteiger partial charge in [-0.1, -0.05) is 56.6 Å². The quantitative estimate of drug-likeness (QED) is 0.696. The van der Waals surface area contributed by atoms with E-state index in [2.05, 4.69) is 29.3 Å². The van der Waals surface area contributed by atoms with Crippen molar-refractivity contribution in [3.05, 3.63) is 35.7 Å².